The molecule has 0 bridgehead atoms. The summed E-state index contributed by atoms with van der Waals surface area (Å²) in [7, 11) is 0. The van der Waals surface area contributed by atoms with Crippen LogP contribution >= 0.6 is 0 Å². The van der Waals surface area contributed by atoms with E-state index in [1.807, 2.05) is 0 Å². The van der Waals surface area contributed by atoms with Crippen LogP contribution in [0.3, 0.4) is 0 Å². The molecule has 0 rings (SSSR count). The lowest BCUT2D eigenvalue weighted by molar-refractivity contribution is -0.123. The third-order valence-electron chi connectivity index (χ3n) is 1.71. The van der Waals surface area contributed by atoms with Gasteiger partial charge in [-0.3, -0.25) is 13.5 Å². The molecule has 0 aliphatic carbocycles. The monoisotopic (exact) mass is 207 g/mol. The normalized spacial score (nSPS) is 17.5. The average molecular weight is 207 g/mol. The van der Waals surface area contributed by atoms with Crippen molar-refractivity contribution in [2.24, 2.45) is 11.1 Å². The number of allylic oxidation sites excluding steroid dienone is 1. The van der Waals surface area contributed by atoms with E-state index in [4.69, 9.17) is 10.3 Å². The molecule has 13 heavy (non-hydrogen) atoms. The molecule has 0 radical (unpaired) electrons. The van der Waals surface area contributed by atoms with Gasteiger partial charge < -0.3 is 5.73 Å². The van der Waals surface area contributed by atoms with Gasteiger partial charge in [0.2, 0.25) is 0 Å². The molecule has 0 fully saturated rings. The Bertz CT molecular complexity index is 231. The maximum Gasteiger partial charge on any atom is 0.301 e. The standard InChI is InChI=1S/C7H13NO4S/c1-3-6(9)7(2,4-8)5-12-13(10)11/h3H,1,4-5,8H2,2H3,(H,10,11). The summed E-state index contributed by atoms with van der Waals surface area (Å²) in [5, 5.41) is 0. The van der Waals surface area contributed by atoms with Gasteiger partial charge in [-0.15, -0.1) is 0 Å². The van der Waals surface area contributed by atoms with Crippen LogP contribution in [0, 0.1) is 5.41 Å². The minimum Gasteiger partial charge on any atom is -0.329 e. The second-order valence-corrected chi connectivity index (χ2v) is 3.48. The molecule has 0 saturated heterocycles. The van der Waals surface area contributed by atoms with Crippen LogP contribution in [0.15, 0.2) is 12.7 Å². The van der Waals surface area contributed by atoms with Crippen molar-refractivity contribution in [3.8, 4) is 0 Å². The maximum atomic E-state index is 11.2. The summed E-state index contributed by atoms with van der Waals surface area (Å²) >= 11 is -2.37. The second-order valence-electron chi connectivity index (χ2n) is 2.81. The summed E-state index contributed by atoms with van der Waals surface area (Å²) < 4.78 is 22.9. The molecule has 0 saturated carbocycles. The molecule has 5 nitrogen and oxygen atoms in total. The Balaban J connectivity index is 4.36. The van der Waals surface area contributed by atoms with Gasteiger partial charge in [0.05, 0.1) is 12.0 Å². The van der Waals surface area contributed by atoms with Gasteiger partial charge in [0.25, 0.3) is 0 Å². The van der Waals surface area contributed by atoms with Gasteiger partial charge in [0.15, 0.2) is 5.78 Å². The summed E-state index contributed by atoms with van der Waals surface area (Å²) in [6.45, 7) is 4.69. The van der Waals surface area contributed by atoms with E-state index < -0.39 is 16.8 Å². The molecular weight excluding hydrogens is 194 g/mol. The van der Waals surface area contributed by atoms with Crippen molar-refractivity contribution < 1.29 is 17.7 Å². The fourth-order valence-corrected chi connectivity index (χ4v) is 1.02. The van der Waals surface area contributed by atoms with Crippen LogP contribution in [0.25, 0.3) is 0 Å². The van der Waals surface area contributed by atoms with E-state index in [1.165, 1.54) is 0 Å². The Morgan fingerprint density at radius 1 is 1.85 bits per heavy atom. The predicted octanol–water partition coefficient (Wildman–Crippen LogP) is -0.140. The van der Waals surface area contributed by atoms with Crippen molar-refractivity contribution in [1.29, 1.82) is 0 Å². The highest BCUT2D eigenvalue weighted by molar-refractivity contribution is 7.74. The molecule has 76 valence electrons. The molecule has 0 aromatic rings. The van der Waals surface area contributed by atoms with E-state index in [2.05, 4.69) is 10.8 Å². The SMILES string of the molecule is C=CC(=O)C(C)(CN)COS(=O)O. The molecule has 0 aliphatic rings. The van der Waals surface area contributed by atoms with E-state index in [0.29, 0.717) is 0 Å². The first-order valence-electron chi connectivity index (χ1n) is 3.57. The Morgan fingerprint density at radius 3 is 2.69 bits per heavy atom. The first kappa shape index (κ1) is 12.4. The topological polar surface area (TPSA) is 89.6 Å². The van der Waals surface area contributed by atoms with Crippen LogP contribution in [-0.2, 0) is 20.3 Å². The molecule has 3 N–H and O–H groups in total. The highest BCUT2D eigenvalue weighted by atomic mass is 32.2. The van der Waals surface area contributed by atoms with Gasteiger partial charge in [0.1, 0.15) is 0 Å². The molecule has 6 heteroatoms. The number of rotatable bonds is 6. The van der Waals surface area contributed by atoms with Crippen LogP contribution in [0.4, 0.5) is 0 Å². The van der Waals surface area contributed by atoms with Gasteiger partial charge in [-0.05, 0) is 13.0 Å². The minimum atomic E-state index is -2.37. The van der Waals surface area contributed by atoms with Crippen molar-refractivity contribution in [2.45, 2.75) is 6.92 Å². The van der Waals surface area contributed by atoms with E-state index in [0.717, 1.165) is 6.08 Å². The molecule has 0 aromatic heterocycles. The number of nitrogens with two attached hydrogens (primary N) is 1. The third-order valence-corrected chi connectivity index (χ3v) is 2.03. The largest absolute Gasteiger partial charge is 0.329 e. The van der Waals surface area contributed by atoms with Crippen molar-refractivity contribution in [3.05, 3.63) is 12.7 Å². The van der Waals surface area contributed by atoms with E-state index in [-0.39, 0.29) is 18.9 Å². The molecule has 0 aliphatic heterocycles. The summed E-state index contributed by atoms with van der Waals surface area (Å²) in [6.07, 6.45) is 1.12. The number of hydrogen-bond acceptors (Lipinski definition) is 4. The number of hydrogen-bond donors (Lipinski definition) is 2. The van der Waals surface area contributed by atoms with E-state index >= 15 is 0 Å². The highest BCUT2D eigenvalue weighted by Crippen LogP contribution is 2.17. The minimum absolute atomic E-state index is 0.0368. The Kier molecular flexibility index (Phi) is 5.01. The lowest BCUT2D eigenvalue weighted by atomic mass is 9.87. The summed E-state index contributed by atoms with van der Waals surface area (Å²) in [6, 6.07) is 0. The van der Waals surface area contributed by atoms with Gasteiger partial charge in [-0.25, -0.2) is 0 Å². The quantitative estimate of drug-likeness (QED) is 0.467. The van der Waals surface area contributed by atoms with Crippen molar-refractivity contribution in [1.82, 2.24) is 0 Å². The van der Waals surface area contributed by atoms with Gasteiger partial charge in [0, 0.05) is 6.54 Å². The zero-order valence-corrected chi connectivity index (χ0v) is 8.17. The molecule has 0 aromatic carbocycles. The zero-order chi connectivity index (χ0) is 10.5. The Morgan fingerprint density at radius 2 is 2.38 bits per heavy atom. The van der Waals surface area contributed by atoms with Crippen LogP contribution in [0.1, 0.15) is 6.92 Å². The zero-order valence-electron chi connectivity index (χ0n) is 7.36. The van der Waals surface area contributed by atoms with E-state index in [9.17, 15) is 9.00 Å². The van der Waals surface area contributed by atoms with Gasteiger partial charge in [-0.2, -0.15) is 4.21 Å². The number of ketones is 1. The molecule has 2 atom stereocenters. The lowest BCUT2D eigenvalue weighted by Crippen LogP contribution is -2.39. The highest BCUT2D eigenvalue weighted by Gasteiger charge is 2.30. The van der Waals surface area contributed by atoms with Crippen LogP contribution < -0.4 is 5.73 Å². The fourth-order valence-electron chi connectivity index (χ4n) is 0.658. The Labute approximate surface area is 79.4 Å². The molecule has 2 unspecified atom stereocenters. The lowest BCUT2D eigenvalue weighted by Gasteiger charge is -2.22. The first-order valence-corrected chi connectivity index (χ1v) is 4.60. The second kappa shape index (κ2) is 5.23. The molecule has 0 amide bonds. The molecule has 0 heterocycles. The fraction of sp³-hybridized carbons (Fsp3) is 0.571. The number of carbonyl (C=O) groups excluding carboxylic acids is 1. The van der Waals surface area contributed by atoms with Crippen LogP contribution in [0.2, 0.25) is 0 Å². The smallest absolute Gasteiger partial charge is 0.301 e. The predicted molar refractivity (Wildman–Crippen MR) is 49.1 cm³/mol. The summed E-state index contributed by atoms with van der Waals surface area (Å²) in [5.41, 5.74) is 4.37. The first-order chi connectivity index (χ1) is 5.96. The van der Waals surface area contributed by atoms with Crippen molar-refractivity contribution in [3.63, 3.8) is 0 Å². The van der Waals surface area contributed by atoms with Crippen molar-refractivity contribution in [2.75, 3.05) is 13.2 Å². The van der Waals surface area contributed by atoms with E-state index in [1.54, 1.807) is 6.92 Å². The molecular formula is C7H13NO4S. The Hall–Kier alpha value is -0.560. The number of carbonyl (C=O) groups is 1. The third kappa shape index (κ3) is 3.77. The average Bonchev–Trinajstić information content (AvgIpc) is 2.12. The van der Waals surface area contributed by atoms with Crippen LogP contribution in [-0.4, -0.2) is 27.7 Å². The molecule has 0 spiro atoms. The summed E-state index contributed by atoms with van der Waals surface area (Å²) in [5.74, 6) is -0.305. The van der Waals surface area contributed by atoms with Gasteiger partial charge >= 0.3 is 11.4 Å². The van der Waals surface area contributed by atoms with Gasteiger partial charge in [-0.1, -0.05) is 6.58 Å². The summed E-state index contributed by atoms with van der Waals surface area (Å²) in [4.78, 5) is 11.2. The van der Waals surface area contributed by atoms with Crippen LogP contribution in [0.5, 0.6) is 0 Å². The maximum absolute atomic E-state index is 11.2. The van der Waals surface area contributed by atoms with Crippen molar-refractivity contribution >= 4 is 17.1 Å².